The topological polar surface area (TPSA) is 0 Å². The van der Waals surface area contributed by atoms with Crippen LogP contribution in [-0.4, -0.2) is 22.9 Å². The van der Waals surface area contributed by atoms with Gasteiger partial charge in [0.1, 0.15) is 0 Å². The van der Waals surface area contributed by atoms with Gasteiger partial charge >= 0.3 is 173 Å². The standard InChI is InChI=1S/2C20H41.In.H/c2*1-3-5-7-9-11-13-15-17-19-20-18-16-14-12-10-8-6-4-2;;/h2*1,3-20H2,2H3;;. The van der Waals surface area contributed by atoms with Gasteiger partial charge in [0.15, 0.2) is 0 Å². The second-order valence-electron chi connectivity index (χ2n) is 14.1. The molecule has 246 valence electrons. The third-order valence-corrected chi connectivity index (χ3v) is 15.4. The van der Waals surface area contributed by atoms with Gasteiger partial charge in [0.25, 0.3) is 0 Å². The monoisotopic (exact) mass is 679 g/mol. The van der Waals surface area contributed by atoms with Crippen molar-refractivity contribution in [1.82, 2.24) is 0 Å². The average Bonchev–Trinajstić information content (AvgIpc) is 2.98. The van der Waals surface area contributed by atoms with E-state index in [1.165, 1.54) is 205 Å². The summed E-state index contributed by atoms with van der Waals surface area (Å²) in [6, 6.07) is 0. The second-order valence-corrected chi connectivity index (χ2v) is 20.1. The molecule has 1 heteroatoms. The zero-order valence-electron chi connectivity index (χ0n) is 29.6. The third kappa shape index (κ3) is 40.9. The van der Waals surface area contributed by atoms with E-state index in [0.717, 1.165) is 0 Å². The second kappa shape index (κ2) is 40.9. The summed E-state index contributed by atoms with van der Waals surface area (Å²) in [6.07, 6.45) is 54.0. The molecule has 0 rings (SSSR count). The number of hydrogen-bond acceptors (Lipinski definition) is 0. The Morgan fingerprint density at radius 2 is 0.341 bits per heavy atom. The molecule has 0 fully saturated rings. The summed E-state index contributed by atoms with van der Waals surface area (Å²) < 4.78 is 3.42. The Morgan fingerprint density at radius 3 is 0.512 bits per heavy atom. The normalized spacial score (nSPS) is 11.5. The molecule has 0 aromatic heterocycles. The maximum absolute atomic E-state index is 2.31. The van der Waals surface area contributed by atoms with E-state index in [1.807, 2.05) is 0 Å². The van der Waals surface area contributed by atoms with E-state index in [0.29, 0.717) is 0 Å². The van der Waals surface area contributed by atoms with Crippen LogP contribution in [-0.2, 0) is 0 Å². The van der Waals surface area contributed by atoms with E-state index in [-0.39, 0.29) is 22.9 Å². The van der Waals surface area contributed by atoms with Crippen molar-refractivity contribution in [3.05, 3.63) is 0 Å². The number of unbranched alkanes of at least 4 members (excludes halogenated alkanes) is 34. The summed E-state index contributed by atoms with van der Waals surface area (Å²) in [7, 11) is 0. The van der Waals surface area contributed by atoms with Crippen LogP contribution in [0.4, 0.5) is 0 Å². The van der Waals surface area contributed by atoms with Crippen molar-refractivity contribution in [2.24, 2.45) is 0 Å². The van der Waals surface area contributed by atoms with Crippen LogP contribution >= 0.6 is 0 Å². The van der Waals surface area contributed by atoms with Crippen LogP contribution in [0.25, 0.3) is 0 Å². The minimum atomic E-state index is -0.348. The molecule has 0 bridgehead atoms. The molecule has 0 N–H and O–H groups in total. The molecular weight excluding hydrogens is 595 g/mol. The third-order valence-electron chi connectivity index (χ3n) is 9.71. The summed E-state index contributed by atoms with van der Waals surface area (Å²) >= 11 is -0.348. The molecule has 0 spiro atoms. The molecule has 0 radical (unpaired) electrons. The molecule has 0 saturated heterocycles. The molecule has 0 aliphatic rings. The van der Waals surface area contributed by atoms with Crippen LogP contribution < -0.4 is 0 Å². The first-order valence-corrected chi connectivity index (χ1v) is 26.1. The fourth-order valence-corrected chi connectivity index (χ4v) is 11.7. The van der Waals surface area contributed by atoms with Crippen LogP contribution in [0.2, 0.25) is 8.35 Å². The summed E-state index contributed by atoms with van der Waals surface area (Å²) in [5.41, 5.74) is 0. The molecule has 0 unspecified atom stereocenters. The predicted molar refractivity (Wildman–Crippen MR) is 194 cm³/mol. The van der Waals surface area contributed by atoms with Crippen molar-refractivity contribution in [3.8, 4) is 0 Å². The molecule has 0 aromatic rings. The Hall–Kier alpha value is 0.870. The van der Waals surface area contributed by atoms with Crippen LogP contribution in [0.3, 0.4) is 0 Å². The van der Waals surface area contributed by atoms with Crippen molar-refractivity contribution in [2.45, 2.75) is 253 Å². The van der Waals surface area contributed by atoms with Crippen LogP contribution in [0.15, 0.2) is 0 Å². The molecule has 0 atom stereocenters. The minimum Gasteiger partial charge on any atom is -0.0654 e. The van der Waals surface area contributed by atoms with Crippen molar-refractivity contribution in [1.29, 1.82) is 0 Å². The van der Waals surface area contributed by atoms with Gasteiger partial charge in [-0.3, -0.25) is 0 Å². The molecular formula is C40H83In. The van der Waals surface area contributed by atoms with Gasteiger partial charge in [-0.25, -0.2) is 0 Å². The molecule has 0 aliphatic carbocycles. The Labute approximate surface area is 274 Å². The van der Waals surface area contributed by atoms with E-state index in [1.54, 1.807) is 34.0 Å². The maximum atomic E-state index is 2.31. The van der Waals surface area contributed by atoms with Gasteiger partial charge in [-0.1, -0.05) is 104 Å². The van der Waals surface area contributed by atoms with Gasteiger partial charge in [0.2, 0.25) is 0 Å². The van der Waals surface area contributed by atoms with Gasteiger partial charge in [0, 0.05) is 0 Å². The average molecular weight is 679 g/mol. The minimum absolute atomic E-state index is 0.348. The molecule has 41 heavy (non-hydrogen) atoms. The van der Waals surface area contributed by atoms with E-state index < -0.39 is 0 Å². The quantitative estimate of drug-likeness (QED) is 0.0570. The van der Waals surface area contributed by atoms with Gasteiger partial charge < -0.3 is 0 Å². The Kier molecular flexibility index (Phi) is 41.7. The fourth-order valence-electron chi connectivity index (χ4n) is 6.69. The van der Waals surface area contributed by atoms with E-state index >= 15 is 0 Å². The summed E-state index contributed by atoms with van der Waals surface area (Å²) in [5, 5.41) is 0. The number of rotatable bonds is 38. The van der Waals surface area contributed by atoms with Crippen molar-refractivity contribution in [3.63, 3.8) is 0 Å². The smallest absolute Gasteiger partial charge is 0.0654 e. The van der Waals surface area contributed by atoms with Crippen LogP contribution in [0.1, 0.15) is 245 Å². The van der Waals surface area contributed by atoms with Gasteiger partial charge in [-0.2, -0.15) is 0 Å². The first-order chi connectivity index (χ1) is 20.4. The van der Waals surface area contributed by atoms with Crippen molar-refractivity contribution in [2.75, 3.05) is 0 Å². The van der Waals surface area contributed by atoms with Crippen LogP contribution in [0, 0.1) is 0 Å². The van der Waals surface area contributed by atoms with Crippen LogP contribution in [0.5, 0.6) is 0 Å². The van der Waals surface area contributed by atoms with Gasteiger partial charge in [-0.15, -0.1) is 0 Å². The van der Waals surface area contributed by atoms with Gasteiger partial charge in [-0.05, 0) is 0 Å². The van der Waals surface area contributed by atoms with E-state index in [2.05, 4.69) is 13.8 Å². The summed E-state index contributed by atoms with van der Waals surface area (Å²) in [4.78, 5) is 0. The molecule has 0 nitrogen and oxygen atoms in total. The zero-order chi connectivity index (χ0) is 29.6. The molecule has 0 amide bonds. The van der Waals surface area contributed by atoms with Gasteiger partial charge in [0.05, 0.1) is 0 Å². The Morgan fingerprint density at radius 1 is 0.195 bits per heavy atom. The summed E-state index contributed by atoms with van der Waals surface area (Å²) in [6.45, 7) is 4.62. The van der Waals surface area contributed by atoms with E-state index in [4.69, 9.17) is 0 Å². The first-order valence-electron chi connectivity index (χ1n) is 20.4. The number of hydrogen-bond donors (Lipinski definition) is 0. The summed E-state index contributed by atoms with van der Waals surface area (Å²) in [5.74, 6) is 0. The zero-order valence-corrected chi connectivity index (χ0v) is 33.6. The molecule has 0 aliphatic heterocycles. The Bertz CT molecular complexity index is 381. The SMILES string of the molecule is CCCCCCCCCCCCCCCCCCC[CH2][InH][CH2]CCCCCCCCCCCCCCCCCCC. The van der Waals surface area contributed by atoms with E-state index in [9.17, 15) is 0 Å². The molecule has 0 aromatic carbocycles. The van der Waals surface area contributed by atoms with Crippen molar-refractivity contribution >= 4 is 22.9 Å². The fraction of sp³-hybridized carbons (Fsp3) is 1.00. The Balaban J connectivity index is 3.02. The molecule has 0 saturated carbocycles. The first kappa shape index (κ1) is 41.9. The molecule has 0 heterocycles. The predicted octanol–water partition coefficient (Wildman–Crippen LogP) is 15.3. The van der Waals surface area contributed by atoms with Crippen molar-refractivity contribution < 1.29 is 0 Å².